The monoisotopic (exact) mass is 322 g/mol. The number of unbranched alkanes of at least 4 members (excludes halogenated alkanes) is 4. The third kappa shape index (κ3) is 6.61. The molecule has 0 spiro atoms. The van der Waals surface area contributed by atoms with Gasteiger partial charge in [-0.25, -0.2) is 8.78 Å². The number of hydrogen-bond donors (Lipinski definition) is 0. The van der Waals surface area contributed by atoms with Gasteiger partial charge in [0.15, 0.2) is 11.6 Å². The van der Waals surface area contributed by atoms with Crippen LogP contribution in [0.3, 0.4) is 0 Å². The summed E-state index contributed by atoms with van der Waals surface area (Å²) in [4.78, 5) is 0. The molecule has 2 heteroatoms. The molecule has 0 atom stereocenters. The van der Waals surface area contributed by atoms with Gasteiger partial charge in [-0.05, 0) is 42.4 Å². The van der Waals surface area contributed by atoms with Crippen LogP contribution in [-0.4, -0.2) is 0 Å². The van der Waals surface area contributed by atoms with Crippen LogP contribution in [0.25, 0.3) is 0 Å². The Morgan fingerprint density at radius 2 is 1.48 bits per heavy atom. The second kappa shape index (κ2) is 10.1. The molecule has 1 fully saturated rings. The Kier molecular flexibility index (Phi) is 8.05. The average Bonchev–Trinajstić information content (AvgIpc) is 2.57. The second-order valence-corrected chi connectivity index (χ2v) is 7.38. The molecule has 1 saturated carbocycles. The standard InChI is InChI=1S/C21H32F2/c1-2-3-4-5-6-7-17-8-10-18(11-9-17)12-13-19-14-15-20(22)21(23)16-19/h14-18H,2-13H2,1H3. The molecule has 0 aromatic heterocycles. The predicted molar refractivity (Wildman–Crippen MR) is 93.5 cm³/mol. The van der Waals surface area contributed by atoms with E-state index in [1.165, 1.54) is 76.3 Å². The third-order valence-corrected chi connectivity index (χ3v) is 5.51. The summed E-state index contributed by atoms with van der Waals surface area (Å²) in [7, 11) is 0. The van der Waals surface area contributed by atoms with E-state index >= 15 is 0 Å². The van der Waals surface area contributed by atoms with Crippen LogP contribution in [-0.2, 0) is 6.42 Å². The zero-order chi connectivity index (χ0) is 16.5. The van der Waals surface area contributed by atoms with Gasteiger partial charge >= 0.3 is 0 Å². The summed E-state index contributed by atoms with van der Waals surface area (Å²) < 4.78 is 26.1. The summed E-state index contributed by atoms with van der Waals surface area (Å²) in [6, 6.07) is 4.33. The summed E-state index contributed by atoms with van der Waals surface area (Å²) in [5.41, 5.74) is 0.932. The van der Waals surface area contributed by atoms with Crippen LogP contribution in [0.5, 0.6) is 0 Å². The first kappa shape index (κ1) is 18.4. The minimum Gasteiger partial charge on any atom is -0.204 e. The van der Waals surface area contributed by atoms with E-state index in [1.807, 2.05) is 0 Å². The molecular formula is C21H32F2. The Morgan fingerprint density at radius 3 is 2.13 bits per heavy atom. The van der Waals surface area contributed by atoms with Gasteiger partial charge in [-0.15, -0.1) is 0 Å². The largest absolute Gasteiger partial charge is 0.204 e. The lowest BCUT2D eigenvalue weighted by Gasteiger charge is -2.28. The molecule has 0 aliphatic heterocycles. The number of halogens is 2. The summed E-state index contributed by atoms with van der Waals surface area (Å²) in [6.07, 6.45) is 15.7. The van der Waals surface area contributed by atoms with Crippen molar-refractivity contribution in [2.45, 2.75) is 84.0 Å². The lowest BCUT2D eigenvalue weighted by atomic mass is 9.77. The van der Waals surface area contributed by atoms with Gasteiger partial charge in [0.2, 0.25) is 0 Å². The minimum absolute atomic E-state index is 0.714. The molecule has 0 N–H and O–H groups in total. The molecule has 1 aromatic carbocycles. The molecule has 0 saturated heterocycles. The van der Waals surface area contributed by atoms with Crippen LogP contribution in [0.2, 0.25) is 0 Å². The Morgan fingerprint density at radius 1 is 0.826 bits per heavy atom. The first-order chi connectivity index (χ1) is 11.2. The van der Waals surface area contributed by atoms with E-state index in [9.17, 15) is 8.78 Å². The van der Waals surface area contributed by atoms with Crippen LogP contribution < -0.4 is 0 Å². The molecule has 0 unspecified atom stereocenters. The van der Waals surface area contributed by atoms with Gasteiger partial charge in [-0.3, -0.25) is 0 Å². The molecule has 0 heterocycles. The van der Waals surface area contributed by atoms with Crippen LogP contribution in [0, 0.1) is 23.5 Å². The van der Waals surface area contributed by atoms with E-state index < -0.39 is 11.6 Å². The van der Waals surface area contributed by atoms with Crippen molar-refractivity contribution in [3.05, 3.63) is 35.4 Å². The van der Waals surface area contributed by atoms with E-state index in [2.05, 4.69) is 6.92 Å². The Bertz CT molecular complexity index is 447. The minimum atomic E-state index is -0.742. The van der Waals surface area contributed by atoms with Crippen molar-refractivity contribution in [2.24, 2.45) is 11.8 Å². The highest BCUT2D eigenvalue weighted by Gasteiger charge is 2.20. The third-order valence-electron chi connectivity index (χ3n) is 5.51. The molecule has 23 heavy (non-hydrogen) atoms. The highest BCUT2D eigenvalue weighted by Crippen LogP contribution is 2.34. The number of aryl methyl sites for hydroxylation is 1. The summed E-state index contributed by atoms with van der Waals surface area (Å²) in [5, 5.41) is 0. The molecule has 130 valence electrons. The van der Waals surface area contributed by atoms with Crippen LogP contribution >= 0.6 is 0 Å². The van der Waals surface area contributed by atoms with E-state index in [-0.39, 0.29) is 0 Å². The molecule has 0 radical (unpaired) electrons. The van der Waals surface area contributed by atoms with Gasteiger partial charge in [0.05, 0.1) is 0 Å². The maximum atomic E-state index is 13.2. The maximum Gasteiger partial charge on any atom is 0.159 e. The van der Waals surface area contributed by atoms with E-state index in [0.717, 1.165) is 30.2 Å². The molecule has 0 amide bonds. The highest BCUT2D eigenvalue weighted by molar-refractivity contribution is 5.17. The van der Waals surface area contributed by atoms with Crippen LogP contribution in [0.4, 0.5) is 8.78 Å². The first-order valence-corrected chi connectivity index (χ1v) is 9.63. The quantitative estimate of drug-likeness (QED) is 0.427. The molecule has 0 bridgehead atoms. The highest BCUT2D eigenvalue weighted by atomic mass is 19.2. The average molecular weight is 322 g/mol. The Labute approximate surface area is 140 Å². The molecule has 1 aliphatic carbocycles. The topological polar surface area (TPSA) is 0 Å². The fourth-order valence-electron chi connectivity index (χ4n) is 3.91. The first-order valence-electron chi connectivity index (χ1n) is 9.63. The maximum absolute atomic E-state index is 13.2. The van der Waals surface area contributed by atoms with E-state index in [1.54, 1.807) is 6.07 Å². The van der Waals surface area contributed by atoms with Crippen molar-refractivity contribution in [3.8, 4) is 0 Å². The van der Waals surface area contributed by atoms with Gasteiger partial charge in [-0.2, -0.15) is 0 Å². The SMILES string of the molecule is CCCCCCCC1CCC(CCc2ccc(F)c(F)c2)CC1. The van der Waals surface area contributed by atoms with Gasteiger partial charge < -0.3 is 0 Å². The number of benzene rings is 1. The molecule has 1 aromatic rings. The molecule has 1 aliphatic rings. The molecule has 0 nitrogen and oxygen atoms in total. The van der Waals surface area contributed by atoms with Crippen molar-refractivity contribution < 1.29 is 8.78 Å². The van der Waals surface area contributed by atoms with Gasteiger partial charge in [0.25, 0.3) is 0 Å². The van der Waals surface area contributed by atoms with Crippen molar-refractivity contribution in [2.75, 3.05) is 0 Å². The zero-order valence-electron chi connectivity index (χ0n) is 14.6. The second-order valence-electron chi connectivity index (χ2n) is 7.38. The van der Waals surface area contributed by atoms with Crippen molar-refractivity contribution in [1.82, 2.24) is 0 Å². The van der Waals surface area contributed by atoms with E-state index in [0.29, 0.717) is 0 Å². The van der Waals surface area contributed by atoms with Gasteiger partial charge in [0.1, 0.15) is 0 Å². The lowest BCUT2D eigenvalue weighted by molar-refractivity contribution is 0.248. The summed E-state index contributed by atoms with van der Waals surface area (Å²) in [6.45, 7) is 2.27. The smallest absolute Gasteiger partial charge is 0.159 e. The van der Waals surface area contributed by atoms with Gasteiger partial charge in [0, 0.05) is 0 Å². The molecular weight excluding hydrogens is 290 g/mol. The van der Waals surface area contributed by atoms with Crippen molar-refractivity contribution in [3.63, 3.8) is 0 Å². The Balaban J connectivity index is 1.60. The predicted octanol–water partition coefficient (Wildman–Crippen LogP) is 7.06. The number of rotatable bonds is 9. The lowest BCUT2D eigenvalue weighted by Crippen LogP contribution is -2.15. The van der Waals surface area contributed by atoms with Crippen molar-refractivity contribution >= 4 is 0 Å². The molecule has 2 rings (SSSR count). The van der Waals surface area contributed by atoms with Crippen LogP contribution in [0.1, 0.15) is 83.1 Å². The van der Waals surface area contributed by atoms with Gasteiger partial charge in [-0.1, -0.05) is 77.2 Å². The summed E-state index contributed by atoms with van der Waals surface area (Å²) >= 11 is 0. The summed E-state index contributed by atoms with van der Waals surface area (Å²) in [5.74, 6) is 0.262. The van der Waals surface area contributed by atoms with E-state index in [4.69, 9.17) is 0 Å². The zero-order valence-corrected chi connectivity index (χ0v) is 14.6. The fraction of sp³-hybridized carbons (Fsp3) is 0.714. The fourth-order valence-corrected chi connectivity index (χ4v) is 3.91. The number of hydrogen-bond acceptors (Lipinski definition) is 0. The van der Waals surface area contributed by atoms with Crippen LogP contribution in [0.15, 0.2) is 18.2 Å². The normalized spacial score (nSPS) is 21.5. The van der Waals surface area contributed by atoms with Crippen molar-refractivity contribution in [1.29, 1.82) is 0 Å². The Hall–Kier alpha value is -0.920.